The number of aliphatic carboxylic acids is 1. The van der Waals surface area contributed by atoms with Crippen molar-refractivity contribution >= 4 is 87.5 Å². The van der Waals surface area contributed by atoms with Crippen molar-refractivity contribution in [2.45, 2.75) is 18.3 Å². The molecule has 0 spiro atoms. The first-order chi connectivity index (χ1) is 15.0. The number of nitrogens with one attached hydrogen (secondary N) is 1. The lowest BCUT2D eigenvalue weighted by atomic mass is 9.88. The predicted octanol–water partition coefficient (Wildman–Crippen LogP) is 3.17. The molecule has 32 heavy (non-hydrogen) atoms. The SMILES string of the molecule is CC(=O)OCC1(C(=O)O)CS[C@@H]2C(NC(=O)C(=C(Cl)Cl)c3ccc(Cl)c(Cl)c3)C(=O)N2C1. The third kappa shape index (κ3) is 4.82. The highest BCUT2D eigenvalue weighted by Crippen LogP contribution is 2.43. The number of thioether (sulfide) groups is 1. The molecule has 2 fully saturated rings. The lowest BCUT2D eigenvalue weighted by molar-refractivity contribution is -0.164. The minimum atomic E-state index is -1.43. The number of carbonyl (C=O) groups excluding carboxylic acids is 3. The van der Waals surface area contributed by atoms with Gasteiger partial charge in [-0.2, -0.15) is 0 Å². The van der Waals surface area contributed by atoms with Gasteiger partial charge in [-0.15, -0.1) is 11.8 Å². The van der Waals surface area contributed by atoms with Crippen molar-refractivity contribution in [3.8, 4) is 0 Å². The number of nitrogens with zero attached hydrogens (tertiary/aromatic N) is 1. The first-order valence-corrected chi connectivity index (χ1v) is 11.6. The summed E-state index contributed by atoms with van der Waals surface area (Å²) in [6, 6.07) is 3.50. The molecular formula is C19H16Cl4N2O6S. The Morgan fingerprint density at radius 2 is 1.97 bits per heavy atom. The average Bonchev–Trinajstić information content (AvgIpc) is 2.72. The Morgan fingerprint density at radius 3 is 2.53 bits per heavy atom. The quantitative estimate of drug-likeness (QED) is 0.323. The molecule has 0 bridgehead atoms. The Morgan fingerprint density at radius 1 is 1.28 bits per heavy atom. The fourth-order valence-corrected chi connectivity index (χ4v) is 5.55. The second-order valence-corrected chi connectivity index (χ2v) is 10.1. The van der Waals surface area contributed by atoms with Gasteiger partial charge in [0.15, 0.2) is 0 Å². The molecular weight excluding hydrogens is 526 g/mol. The van der Waals surface area contributed by atoms with Crippen molar-refractivity contribution in [2.24, 2.45) is 5.41 Å². The first kappa shape index (κ1) is 25.0. The topological polar surface area (TPSA) is 113 Å². The molecule has 2 heterocycles. The van der Waals surface area contributed by atoms with Crippen LogP contribution in [0.25, 0.3) is 5.57 Å². The Hall–Kier alpha value is -1.65. The number of carboxylic acid groups (broad SMARTS) is 1. The first-order valence-electron chi connectivity index (χ1n) is 9.07. The second kappa shape index (κ2) is 9.69. The lowest BCUT2D eigenvalue weighted by Crippen LogP contribution is -2.74. The molecule has 2 aliphatic rings. The van der Waals surface area contributed by atoms with Gasteiger partial charge in [0.05, 0.1) is 15.6 Å². The number of benzene rings is 1. The molecule has 0 radical (unpaired) electrons. The van der Waals surface area contributed by atoms with Crippen molar-refractivity contribution in [3.63, 3.8) is 0 Å². The van der Waals surface area contributed by atoms with Gasteiger partial charge in [-0.1, -0.05) is 52.5 Å². The minimum absolute atomic E-state index is 0.0855. The number of rotatable bonds is 6. The molecule has 2 saturated heterocycles. The number of ether oxygens (including phenoxy) is 1. The van der Waals surface area contributed by atoms with Crippen LogP contribution >= 0.6 is 58.2 Å². The van der Waals surface area contributed by atoms with Gasteiger partial charge in [0.2, 0.25) is 5.91 Å². The van der Waals surface area contributed by atoms with E-state index in [1.807, 2.05) is 0 Å². The van der Waals surface area contributed by atoms with Gasteiger partial charge in [-0.05, 0) is 17.7 Å². The van der Waals surface area contributed by atoms with E-state index >= 15 is 0 Å². The Kier molecular flexibility index (Phi) is 7.56. The largest absolute Gasteiger partial charge is 0.481 e. The number of carbonyl (C=O) groups is 4. The molecule has 0 saturated carbocycles. The molecule has 2 N–H and O–H groups in total. The summed E-state index contributed by atoms with van der Waals surface area (Å²) in [5.41, 5.74) is -1.21. The average molecular weight is 542 g/mol. The number of hydrogen-bond acceptors (Lipinski definition) is 6. The van der Waals surface area contributed by atoms with Crippen LogP contribution in [0.3, 0.4) is 0 Å². The van der Waals surface area contributed by atoms with E-state index in [4.69, 9.17) is 51.1 Å². The molecule has 3 atom stereocenters. The number of amides is 2. The van der Waals surface area contributed by atoms with Crippen LogP contribution in [0, 0.1) is 5.41 Å². The number of esters is 1. The summed E-state index contributed by atoms with van der Waals surface area (Å²) in [5.74, 6) is -2.87. The van der Waals surface area contributed by atoms with Crippen molar-refractivity contribution < 1.29 is 29.0 Å². The number of β-lactam (4-membered cyclic amide) rings is 1. The standard InChI is InChI=1S/C19H16Cl4N2O6S/c1-8(26)31-6-19(18(29)30)5-25-16(28)13(17(25)32-7-19)24-15(27)12(14(22)23)9-2-3-10(20)11(21)4-9/h2-4,13,17H,5-7H2,1H3,(H,24,27)(H,29,30)/t13?,17-,19?/m1/s1. The van der Waals surface area contributed by atoms with E-state index < -0.39 is 40.6 Å². The van der Waals surface area contributed by atoms with Crippen LogP contribution in [0.15, 0.2) is 22.7 Å². The van der Waals surface area contributed by atoms with Gasteiger partial charge in [-0.3, -0.25) is 19.2 Å². The monoisotopic (exact) mass is 540 g/mol. The van der Waals surface area contributed by atoms with Gasteiger partial charge in [-0.25, -0.2) is 0 Å². The molecule has 2 unspecified atom stereocenters. The van der Waals surface area contributed by atoms with Gasteiger partial charge in [0.1, 0.15) is 27.9 Å². The number of hydrogen-bond donors (Lipinski definition) is 2. The summed E-state index contributed by atoms with van der Waals surface area (Å²) in [4.78, 5) is 49.9. The van der Waals surface area contributed by atoms with Gasteiger partial charge in [0.25, 0.3) is 5.91 Å². The summed E-state index contributed by atoms with van der Waals surface area (Å²) in [6.07, 6.45) is 0. The summed E-state index contributed by atoms with van der Waals surface area (Å²) in [6.45, 7) is 0.671. The normalized spacial score (nSPS) is 24.2. The zero-order valence-electron chi connectivity index (χ0n) is 16.4. The highest BCUT2D eigenvalue weighted by Gasteiger charge is 2.58. The molecule has 2 amide bonds. The molecule has 1 aromatic rings. The Bertz CT molecular complexity index is 1030. The summed E-state index contributed by atoms with van der Waals surface area (Å²) in [7, 11) is 0. The molecule has 13 heteroatoms. The van der Waals surface area contributed by atoms with E-state index in [-0.39, 0.29) is 39.0 Å². The smallest absolute Gasteiger partial charge is 0.315 e. The third-order valence-electron chi connectivity index (χ3n) is 5.06. The van der Waals surface area contributed by atoms with Crippen LogP contribution in [0.2, 0.25) is 10.0 Å². The zero-order chi connectivity index (χ0) is 23.8. The minimum Gasteiger partial charge on any atom is -0.481 e. The molecule has 2 aliphatic heterocycles. The van der Waals surface area contributed by atoms with Crippen molar-refractivity contribution in [1.82, 2.24) is 10.2 Å². The van der Waals surface area contributed by atoms with E-state index in [0.29, 0.717) is 5.56 Å². The van der Waals surface area contributed by atoms with Crippen LogP contribution in [0.1, 0.15) is 12.5 Å². The maximum Gasteiger partial charge on any atom is 0.315 e. The maximum absolute atomic E-state index is 12.9. The second-order valence-electron chi connectivity index (χ2n) is 7.25. The van der Waals surface area contributed by atoms with Crippen LogP contribution in [0.4, 0.5) is 0 Å². The van der Waals surface area contributed by atoms with Crippen molar-refractivity contribution in [3.05, 3.63) is 38.3 Å². The molecule has 8 nitrogen and oxygen atoms in total. The summed E-state index contributed by atoms with van der Waals surface area (Å²) >= 11 is 24.9. The van der Waals surface area contributed by atoms with E-state index in [1.54, 1.807) is 0 Å². The Labute approximate surface area is 207 Å². The number of halogens is 4. The van der Waals surface area contributed by atoms with E-state index in [2.05, 4.69) is 5.32 Å². The fourth-order valence-electron chi connectivity index (χ4n) is 3.34. The molecule has 0 aromatic heterocycles. The summed E-state index contributed by atoms with van der Waals surface area (Å²) in [5, 5.41) is 12.2. The molecule has 1 aromatic carbocycles. The van der Waals surface area contributed by atoms with Crippen LogP contribution in [-0.2, 0) is 23.9 Å². The van der Waals surface area contributed by atoms with Crippen LogP contribution in [0.5, 0.6) is 0 Å². The third-order valence-corrected chi connectivity index (χ3v) is 7.77. The lowest BCUT2D eigenvalue weighted by Gasteiger charge is -2.53. The van der Waals surface area contributed by atoms with Gasteiger partial charge < -0.3 is 20.1 Å². The van der Waals surface area contributed by atoms with E-state index in [9.17, 15) is 24.3 Å². The number of fused-ring (bicyclic) bond motifs is 1. The fraction of sp³-hybridized carbons (Fsp3) is 0.368. The highest BCUT2D eigenvalue weighted by molar-refractivity contribution is 8.00. The molecule has 0 aliphatic carbocycles. The Balaban J connectivity index is 1.74. The van der Waals surface area contributed by atoms with E-state index in [1.165, 1.54) is 41.8 Å². The highest BCUT2D eigenvalue weighted by atomic mass is 35.5. The van der Waals surface area contributed by atoms with Crippen molar-refractivity contribution in [2.75, 3.05) is 18.9 Å². The molecule has 172 valence electrons. The van der Waals surface area contributed by atoms with Gasteiger partial charge in [0, 0.05) is 19.2 Å². The van der Waals surface area contributed by atoms with Crippen molar-refractivity contribution in [1.29, 1.82) is 0 Å². The van der Waals surface area contributed by atoms with E-state index in [0.717, 1.165) is 0 Å². The summed E-state index contributed by atoms with van der Waals surface area (Å²) < 4.78 is 4.58. The maximum atomic E-state index is 12.9. The number of carboxylic acids is 1. The van der Waals surface area contributed by atoms with Crippen LogP contribution in [-0.4, -0.2) is 64.1 Å². The predicted molar refractivity (Wildman–Crippen MR) is 122 cm³/mol. The zero-order valence-corrected chi connectivity index (χ0v) is 20.2. The van der Waals surface area contributed by atoms with Crippen LogP contribution < -0.4 is 5.32 Å². The molecule has 3 rings (SSSR count). The van der Waals surface area contributed by atoms with Gasteiger partial charge >= 0.3 is 11.9 Å².